The Bertz CT molecular complexity index is 1260. The van der Waals surface area contributed by atoms with Crippen molar-refractivity contribution in [2.45, 2.75) is 31.3 Å². The molecule has 2 aromatic carbocycles. The third-order valence-corrected chi connectivity index (χ3v) is 7.11. The molecule has 2 heterocycles. The zero-order valence-corrected chi connectivity index (χ0v) is 18.2. The van der Waals surface area contributed by atoms with Gasteiger partial charge in [0, 0.05) is 36.8 Å². The number of fused-ring (bicyclic) bond motifs is 1. The number of hydrogen-bond acceptors (Lipinski definition) is 4. The molecule has 0 saturated heterocycles. The standard InChI is InChI=1S/C23H24N2O5S/c1-16(2)30-18-7-9-19(10-8-18)31(28,29)24-13-11-17(12-14-24)25-15-21(23(26)27)20-5-3-4-6-22(20)25/h3-11,15-16H,12-14H2,1-2H3,(H,26,27). The van der Waals surface area contributed by atoms with E-state index in [1.165, 1.54) is 4.31 Å². The van der Waals surface area contributed by atoms with Crippen LogP contribution in [0.1, 0.15) is 30.6 Å². The molecule has 162 valence electrons. The molecule has 4 rings (SSSR count). The molecule has 3 aromatic rings. The molecule has 7 nitrogen and oxygen atoms in total. The Morgan fingerprint density at radius 3 is 2.42 bits per heavy atom. The zero-order chi connectivity index (χ0) is 22.2. The molecule has 1 aliphatic heterocycles. The van der Waals surface area contributed by atoms with Crippen molar-refractivity contribution in [1.29, 1.82) is 0 Å². The van der Waals surface area contributed by atoms with Gasteiger partial charge in [-0.1, -0.05) is 18.2 Å². The summed E-state index contributed by atoms with van der Waals surface area (Å²) >= 11 is 0. The van der Waals surface area contributed by atoms with Crippen molar-refractivity contribution < 1.29 is 23.1 Å². The number of carbonyl (C=O) groups is 1. The number of ether oxygens (including phenoxy) is 1. The number of sulfonamides is 1. The fraction of sp³-hybridized carbons (Fsp3) is 0.261. The number of para-hydroxylation sites is 1. The monoisotopic (exact) mass is 440 g/mol. The number of aromatic nitrogens is 1. The average Bonchev–Trinajstić information content (AvgIpc) is 3.14. The number of carboxylic acid groups (broad SMARTS) is 1. The van der Waals surface area contributed by atoms with E-state index in [-0.39, 0.29) is 23.1 Å². The highest BCUT2D eigenvalue weighted by molar-refractivity contribution is 7.89. The van der Waals surface area contributed by atoms with Crippen molar-refractivity contribution in [3.05, 3.63) is 66.4 Å². The third kappa shape index (κ3) is 4.08. The molecule has 1 aromatic heterocycles. The number of aromatic carboxylic acids is 1. The minimum Gasteiger partial charge on any atom is -0.491 e. The van der Waals surface area contributed by atoms with Gasteiger partial charge in [0.05, 0.1) is 22.1 Å². The van der Waals surface area contributed by atoms with E-state index < -0.39 is 16.0 Å². The Hall–Kier alpha value is -3.10. The van der Waals surface area contributed by atoms with Gasteiger partial charge in [-0.3, -0.25) is 0 Å². The van der Waals surface area contributed by atoms with Crippen molar-refractivity contribution in [2.75, 3.05) is 13.1 Å². The first-order chi connectivity index (χ1) is 14.8. The van der Waals surface area contributed by atoms with Crippen LogP contribution >= 0.6 is 0 Å². The van der Waals surface area contributed by atoms with Gasteiger partial charge in [0.2, 0.25) is 10.0 Å². The molecule has 0 unspecified atom stereocenters. The maximum atomic E-state index is 13.0. The molecule has 8 heteroatoms. The first kappa shape index (κ1) is 21.1. The van der Waals surface area contributed by atoms with Gasteiger partial charge in [0.15, 0.2) is 0 Å². The second-order valence-electron chi connectivity index (χ2n) is 7.68. The Morgan fingerprint density at radius 2 is 1.81 bits per heavy atom. The maximum absolute atomic E-state index is 13.0. The van der Waals surface area contributed by atoms with Crippen molar-refractivity contribution in [3.63, 3.8) is 0 Å². The lowest BCUT2D eigenvalue weighted by Gasteiger charge is -2.26. The summed E-state index contributed by atoms with van der Waals surface area (Å²) in [6, 6.07) is 13.8. The van der Waals surface area contributed by atoms with Crippen molar-refractivity contribution in [3.8, 4) is 5.75 Å². The second kappa shape index (κ2) is 8.20. The summed E-state index contributed by atoms with van der Waals surface area (Å²) < 4.78 is 34.9. The predicted molar refractivity (Wildman–Crippen MR) is 119 cm³/mol. The molecule has 31 heavy (non-hydrogen) atoms. The molecular formula is C23H24N2O5S. The topological polar surface area (TPSA) is 88.8 Å². The summed E-state index contributed by atoms with van der Waals surface area (Å²) in [7, 11) is -3.63. The van der Waals surface area contributed by atoms with Crippen LogP contribution in [-0.2, 0) is 10.0 Å². The Labute approximate surface area is 181 Å². The quantitative estimate of drug-likeness (QED) is 0.624. The van der Waals surface area contributed by atoms with Gasteiger partial charge in [-0.2, -0.15) is 4.31 Å². The number of hydrogen-bond donors (Lipinski definition) is 1. The molecule has 1 aliphatic rings. The molecule has 0 fully saturated rings. The lowest BCUT2D eigenvalue weighted by Crippen LogP contribution is -2.35. The molecule has 0 bridgehead atoms. The van der Waals surface area contributed by atoms with Crippen LogP contribution in [0.15, 0.2) is 65.7 Å². The van der Waals surface area contributed by atoms with Crippen LogP contribution in [0.3, 0.4) is 0 Å². The van der Waals surface area contributed by atoms with E-state index in [1.54, 1.807) is 42.6 Å². The highest BCUT2D eigenvalue weighted by atomic mass is 32.2. The Kier molecular flexibility index (Phi) is 5.60. The van der Waals surface area contributed by atoms with Crippen LogP contribution in [0.5, 0.6) is 5.75 Å². The van der Waals surface area contributed by atoms with Crippen LogP contribution in [0.4, 0.5) is 0 Å². The van der Waals surface area contributed by atoms with Crippen LogP contribution in [-0.4, -0.2) is 47.6 Å². The third-order valence-electron chi connectivity index (χ3n) is 5.23. The summed E-state index contributed by atoms with van der Waals surface area (Å²) in [5.41, 5.74) is 1.91. The summed E-state index contributed by atoms with van der Waals surface area (Å²) in [4.78, 5) is 11.8. The van der Waals surface area contributed by atoms with Gasteiger partial charge in [0.1, 0.15) is 5.75 Å². The number of carboxylic acids is 1. The molecule has 0 radical (unpaired) electrons. The Morgan fingerprint density at radius 1 is 1.10 bits per heavy atom. The van der Waals surface area contributed by atoms with Gasteiger partial charge in [-0.25, -0.2) is 13.2 Å². The van der Waals surface area contributed by atoms with E-state index in [0.717, 1.165) is 11.2 Å². The van der Waals surface area contributed by atoms with Gasteiger partial charge in [-0.05, 0) is 50.3 Å². The smallest absolute Gasteiger partial charge is 0.337 e. The summed E-state index contributed by atoms with van der Waals surface area (Å²) in [6.07, 6.45) is 3.94. The van der Waals surface area contributed by atoms with E-state index in [1.807, 2.05) is 36.6 Å². The van der Waals surface area contributed by atoms with Crippen LogP contribution in [0.2, 0.25) is 0 Å². The van der Waals surface area contributed by atoms with E-state index in [2.05, 4.69) is 0 Å². The van der Waals surface area contributed by atoms with Gasteiger partial charge < -0.3 is 14.4 Å². The van der Waals surface area contributed by atoms with Crippen molar-refractivity contribution >= 4 is 32.6 Å². The van der Waals surface area contributed by atoms with Crippen LogP contribution in [0, 0.1) is 0 Å². The first-order valence-corrected chi connectivity index (χ1v) is 11.5. The van der Waals surface area contributed by atoms with Crippen molar-refractivity contribution in [2.24, 2.45) is 0 Å². The van der Waals surface area contributed by atoms with E-state index in [9.17, 15) is 18.3 Å². The largest absolute Gasteiger partial charge is 0.491 e. The highest BCUT2D eigenvalue weighted by Crippen LogP contribution is 2.29. The van der Waals surface area contributed by atoms with Crippen molar-refractivity contribution in [1.82, 2.24) is 8.87 Å². The Balaban J connectivity index is 1.58. The minimum absolute atomic E-state index is 0.0134. The molecule has 0 aliphatic carbocycles. The normalized spacial score (nSPS) is 15.3. The first-order valence-electron chi connectivity index (χ1n) is 10.1. The molecule has 0 atom stereocenters. The van der Waals surface area contributed by atoms with Gasteiger partial charge >= 0.3 is 5.97 Å². The SMILES string of the molecule is CC(C)Oc1ccc(S(=O)(=O)N2CC=C(n3cc(C(=O)O)c4ccccc43)CC2)cc1. The lowest BCUT2D eigenvalue weighted by molar-refractivity contribution is 0.0699. The maximum Gasteiger partial charge on any atom is 0.337 e. The van der Waals surface area contributed by atoms with Gasteiger partial charge in [0.25, 0.3) is 0 Å². The fourth-order valence-corrected chi connectivity index (χ4v) is 5.16. The molecule has 1 N–H and O–H groups in total. The molecule has 0 amide bonds. The molecule has 0 saturated carbocycles. The van der Waals surface area contributed by atoms with E-state index in [0.29, 0.717) is 24.1 Å². The molecule has 0 spiro atoms. The number of rotatable bonds is 6. The fourth-order valence-electron chi connectivity index (χ4n) is 3.78. The van der Waals surface area contributed by atoms with Gasteiger partial charge in [-0.15, -0.1) is 0 Å². The summed E-state index contributed by atoms with van der Waals surface area (Å²) in [6.45, 7) is 4.36. The van der Waals surface area contributed by atoms with E-state index >= 15 is 0 Å². The second-order valence-corrected chi connectivity index (χ2v) is 9.62. The minimum atomic E-state index is -3.63. The van der Waals surface area contributed by atoms with Crippen LogP contribution in [0.25, 0.3) is 16.6 Å². The summed E-state index contributed by atoms with van der Waals surface area (Å²) in [5.74, 6) is -0.357. The van der Waals surface area contributed by atoms with Crippen LogP contribution < -0.4 is 4.74 Å². The molecular weight excluding hydrogens is 416 g/mol. The predicted octanol–water partition coefficient (Wildman–Crippen LogP) is 4.06. The number of benzene rings is 2. The summed E-state index contributed by atoms with van der Waals surface area (Å²) in [5, 5.41) is 10.2. The highest BCUT2D eigenvalue weighted by Gasteiger charge is 2.27. The average molecular weight is 441 g/mol. The number of nitrogens with zero attached hydrogens (tertiary/aromatic N) is 2. The zero-order valence-electron chi connectivity index (χ0n) is 17.4. The lowest BCUT2D eigenvalue weighted by atomic mass is 10.2. The van der Waals surface area contributed by atoms with E-state index in [4.69, 9.17) is 4.74 Å².